The van der Waals surface area contributed by atoms with E-state index in [2.05, 4.69) is 22.1 Å². The highest BCUT2D eigenvalue weighted by molar-refractivity contribution is 4.84. The molecule has 4 nitrogen and oxygen atoms in total. The maximum Gasteiger partial charge on any atom is 0.137 e. The molecule has 0 bridgehead atoms. The maximum atomic E-state index is 5.79. The van der Waals surface area contributed by atoms with Gasteiger partial charge in [-0.15, -0.1) is 0 Å². The Morgan fingerprint density at radius 3 is 3.09 bits per heavy atom. The van der Waals surface area contributed by atoms with Crippen molar-refractivity contribution in [1.29, 1.82) is 0 Å². The van der Waals surface area contributed by atoms with Crippen LogP contribution in [0, 0.1) is 0 Å². The fraction of sp³-hybridized carbons (Fsp3) is 0.714. The molecule has 0 radical (unpaired) electrons. The van der Waals surface area contributed by atoms with E-state index in [1.807, 2.05) is 0 Å². The van der Waals surface area contributed by atoms with Crippen LogP contribution in [0.5, 0.6) is 0 Å². The summed E-state index contributed by atoms with van der Waals surface area (Å²) in [5, 5.41) is 6.53. The predicted molar refractivity (Wildman–Crippen MR) is 43.0 cm³/mol. The van der Waals surface area contributed by atoms with E-state index in [0.717, 1.165) is 25.1 Å². The fourth-order valence-corrected chi connectivity index (χ4v) is 1.05. The molecule has 1 aromatic rings. The average Bonchev–Trinajstić information content (AvgIpc) is 2.40. The topological polar surface area (TPSA) is 67.6 Å². The van der Waals surface area contributed by atoms with Crippen LogP contribution in [0.25, 0.3) is 0 Å². The average molecular weight is 154 g/mol. The molecule has 0 aromatic carbocycles. The van der Waals surface area contributed by atoms with Crippen LogP contribution in [0.4, 0.5) is 0 Å². The molecule has 1 rings (SSSR count). The van der Waals surface area contributed by atoms with Crippen LogP contribution in [-0.4, -0.2) is 21.2 Å². The predicted octanol–water partition coefficient (Wildman–Crippen LogP) is 0.475. The molecule has 0 aliphatic heterocycles. The first-order valence-corrected chi connectivity index (χ1v) is 3.92. The first-order chi connectivity index (χ1) is 5.33. The Kier molecular flexibility index (Phi) is 3.04. The van der Waals surface area contributed by atoms with Gasteiger partial charge in [0.2, 0.25) is 0 Å². The number of aromatic nitrogens is 3. The molecule has 0 fully saturated rings. The van der Waals surface area contributed by atoms with Crippen molar-refractivity contribution in [2.45, 2.75) is 32.2 Å². The molecule has 4 heteroatoms. The van der Waals surface area contributed by atoms with Crippen LogP contribution < -0.4 is 5.73 Å². The molecular formula is C7H14N4. The summed E-state index contributed by atoms with van der Waals surface area (Å²) in [5.41, 5.74) is 5.79. The third kappa shape index (κ3) is 2.67. The number of nitrogens with zero attached hydrogens (tertiary/aromatic N) is 2. The SMILES string of the molecule is CCCC(N)Cc1ncn[nH]1. The zero-order valence-electron chi connectivity index (χ0n) is 6.75. The van der Waals surface area contributed by atoms with Crippen LogP contribution in [0.2, 0.25) is 0 Å². The number of rotatable bonds is 4. The number of nitrogens with two attached hydrogens (primary N) is 1. The van der Waals surface area contributed by atoms with Crippen molar-refractivity contribution in [2.24, 2.45) is 5.73 Å². The van der Waals surface area contributed by atoms with Crippen molar-refractivity contribution in [3.63, 3.8) is 0 Å². The van der Waals surface area contributed by atoms with Gasteiger partial charge < -0.3 is 5.73 Å². The first-order valence-electron chi connectivity index (χ1n) is 3.92. The van der Waals surface area contributed by atoms with Gasteiger partial charge in [0, 0.05) is 12.5 Å². The van der Waals surface area contributed by atoms with Crippen LogP contribution in [0.1, 0.15) is 25.6 Å². The summed E-state index contributed by atoms with van der Waals surface area (Å²) in [6.45, 7) is 2.13. The Balaban J connectivity index is 2.31. The highest BCUT2D eigenvalue weighted by Gasteiger charge is 2.03. The highest BCUT2D eigenvalue weighted by atomic mass is 15.2. The summed E-state index contributed by atoms with van der Waals surface area (Å²) in [5.74, 6) is 0.881. The summed E-state index contributed by atoms with van der Waals surface area (Å²) >= 11 is 0. The summed E-state index contributed by atoms with van der Waals surface area (Å²) in [6.07, 6.45) is 4.47. The van der Waals surface area contributed by atoms with Crippen LogP contribution in [0.15, 0.2) is 6.33 Å². The van der Waals surface area contributed by atoms with Crippen molar-refractivity contribution in [3.05, 3.63) is 12.2 Å². The number of hydrogen-bond donors (Lipinski definition) is 2. The van der Waals surface area contributed by atoms with Crippen LogP contribution >= 0.6 is 0 Å². The molecule has 1 heterocycles. The normalized spacial score (nSPS) is 13.3. The lowest BCUT2D eigenvalue weighted by Crippen LogP contribution is -2.22. The Bertz CT molecular complexity index is 182. The fourth-order valence-electron chi connectivity index (χ4n) is 1.05. The zero-order valence-corrected chi connectivity index (χ0v) is 6.75. The van der Waals surface area contributed by atoms with Gasteiger partial charge in [-0.1, -0.05) is 13.3 Å². The standard InChI is InChI=1S/C7H14N4/c1-2-3-6(8)4-7-9-5-10-11-7/h5-6H,2-4,8H2,1H3,(H,9,10,11). The second-order valence-corrected chi connectivity index (χ2v) is 2.69. The molecule has 1 atom stereocenters. The quantitative estimate of drug-likeness (QED) is 0.662. The third-order valence-corrected chi connectivity index (χ3v) is 1.58. The molecular weight excluding hydrogens is 140 g/mol. The minimum Gasteiger partial charge on any atom is -0.327 e. The van der Waals surface area contributed by atoms with E-state index in [9.17, 15) is 0 Å². The van der Waals surface area contributed by atoms with Gasteiger partial charge in [-0.3, -0.25) is 5.10 Å². The van der Waals surface area contributed by atoms with Crippen molar-refractivity contribution >= 4 is 0 Å². The van der Waals surface area contributed by atoms with Crippen molar-refractivity contribution in [3.8, 4) is 0 Å². The number of nitrogens with one attached hydrogen (secondary N) is 1. The van der Waals surface area contributed by atoms with Crippen LogP contribution in [0.3, 0.4) is 0 Å². The highest BCUT2D eigenvalue weighted by Crippen LogP contribution is 1.98. The van der Waals surface area contributed by atoms with Crippen molar-refractivity contribution in [1.82, 2.24) is 15.2 Å². The lowest BCUT2D eigenvalue weighted by Gasteiger charge is -2.06. The smallest absolute Gasteiger partial charge is 0.137 e. The Hall–Kier alpha value is -0.900. The van der Waals surface area contributed by atoms with Gasteiger partial charge in [-0.05, 0) is 6.42 Å². The van der Waals surface area contributed by atoms with Gasteiger partial charge in [0.05, 0.1) is 0 Å². The van der Waals surface area contributed by atoms with Gasteiger partial charge in [0.25, 0.3) is 0 Å². The van der Waals surface area contributed by atoms with E-state index in [0.29, 0.717) is 0 Å². The Morgan fingerprint density at radius 2 is 2.55 bits per heavy atom. The van der Waals surface area contributed by atoms with Crippen LogP contribution in [-0.2, 0) is 6.42 Å². The molecule has 0 amide bonds. The molecule has 0 aliphatic rings. The lowest BCUT2D eigenvalue weighted by molar-refractivity contribution is 0.586. The molecule has 0 spiro atoms. The monoisotopic (exact) mass is 154 g/mol. The first kappa shape index (κ1) is 8.20. The maximum absolute atomic E-state index is 5.79. The Morgan fingerprint density at radius 1 is 1.73 bits per heavy atom. The Labute approximate surface area is 66.2 Å². The summed E-state index contributed by atoms with van der Waals surface area (Å²) < 4.78 is 0. The van der Waals surface area contributed by atoms with Gasteiger partial charge in [0.15, 0.2) is 0 Å². The number of aromatic amines is 1. The molecule has 0 aliphatic carbocycles. The second-order valence-electron chi connectivity index (χ2n) is 2.69. The molecule has 1 unspecified atom stereocenters. The largest absolute Gasteiger partial charge is 0.327 e. The second kappa shape index (κ2) is 4.08. The number of H-pyrrole nitrogens is 1. The molecule has 1 aromatic heterocycles. The van der Waals surface area contributed by atoms with Gasteiger partial charge in [-0.2, -0.15) is 5.10 Å². The van der Waals surface area contributed by atoms with E-state index in [1.165, 1.54) is 6.33 Å². The summed E-state index contributed by atoms with van der Waals surface area (Å²) in [4.78, 5) is 3.99. The van der Waals surface area contributed by atoms with Gasteiger partial charge in [0.1, 0.15) is 12.2 Å². The molecule has 62 valence electrons. The van der Waals surface area contributed by atoms with Gasteiger partial charge >= 0.3 is 0 Å². The third-order valence-electron chi connectivity index (χ3n) is 1.58. The van der Waals surface area contributed by atoms with Crippen molar-refractivity contribution in [2.75, 3.05) is 0 Å². The minimum absolute atomic E-state index is 0.216. The zero-order chi connectivity index (χ0) is 8.10. The molecule has 3 N–H and O–H groups in total. The summed E-state index contributed by atoms with van der Waals surface area (Å²) in [7, 11) is 0. The molecule has 0 saturated carbocycles. The summed E-state index contributed by atoms with van der Waals surface area (Å²) in [6, 6.07) is 0.216. The lowest BCUT2D eigenvalue weighted by atomic mass is 10.1. The van der Waals surface area contributed by atoms with E-state index in [4.69, 9.17) is 5.73 Å². The van der Waals surface area contributed by atoms with Gasteiger partial charge in [-0.25, -0.2) is 4.98 Å². The number of hydrogen-bond acceptors (Lipinski definition) is 3. The van der Waals surface area contributed by atoms with E-state index in [-0.39, 0.29) is 6.04 Å². The van der Waals surface area contributed by atoms with E-state index >= 15 is 0 Å². The van der Waals surface area contributed by atoms with Crippen molar-refractivity contribution < 1.29 is 0 Å². The molecule has 0 saturated heterocycles. The molecule has 11 heavy (non-hydrogen) atoms. The van der Waals surface area contributed by atoms with E-state index < -0.39 is 0 Å². The minimum atomic E-state index is 0.216. The van der Waals surface area contributed by atoms with E-state index in [1.54, 1.807) is 0 Å².